The Hall–Kier alpha value is -2.47. The van der Waals surface area contributed by atoms with Crippen LogP contribution in [0.5, 0.6) is 0 Å². The highest BCUT2D eigenvalue weighted by atomic mass is 32.2. The Morgan fingerprint density at radius 1 is 1.27 bits per heavy atom. The summed E-state index contributed by atoms with van der Waals surface area (Å²) in [5.74, 6) is -0.170. The quantitative estimate of drug-likeness (QED) is 0.523. The molecular weight excluding hydrogens is 349 g/mol. The predicted molar refractivity (Wildman–Crippen MR) is 107 cm³/mol. The van der Waals surface area contributed by atoms with Crippen LogP contribution in [0.1, 0.15) is 36.6 Å². The van der Waals surface area contributed by atoms with Crippen LogP contribution in [0.15, 0.2) is 35.2 Å². The molecule has 136 valence electrons. The highest BCUT2D eigenvalue weighted by Gasteiger charge is 2.24. The zero-order valence-corrected chi connectivity index (χ0v) is 16.1. The third kappa shape index (κ3) is 2.84. The van der Waals surface area contributed by atoms with Crippen molar-refractivity contribution in [3.8, 4) is 5.69 Å². The molecule has 1 aromatic heterocycles. The number of benzene rings is 2. The second kappa shape index (κ2) is 6.68. The Bertz CT molecular complexity index is 1050. The van der Waals surface area contributed by atoms with E-state index in [2.05, 4.69) is 0 Å². The van der Waals surface area contributed by atoms with Gasteiger partial charge in [-0.1, -0.05) is 13.8 Å². The summed E-state index contributed by atoms with van der Waals surface area (Å²) in [6.45, 7) is 5.80. The van der Waals surface area contributed by atoms with Crippen molar-refractivity contribution < 1.29 is 8.60 Å². The van der Waals surface area contributed by atoms with E-state index in [1.165, 1.54) is 12.3 Å². The Morgan fingerprint density at radius 2 is 1.96 bits per heavy atom. The third-order valence-electron chi connectivity index (χ3n) is 4.55. The number of nitrogens with one attached hydrogen (secondary N) is 1. The van der Waals surface area contributed by atoms with Gasteiger partial charge in [-0.3, -0.25) is 4.21 Å². The van der Waals surface area contributed by atoms with Gasteiger partial charge < -0.3 is 15.7 Å². The van der Waals surface area contributed by atoms with Gasteiger partial charge in [0.2, 0.25) is 0 Å². The molecular formula is C20H22FN3OS. The van der Waals surface area contributed by atoms with Gasteiger partial charge in [-0.05, 0) is 48.7 Å². The standard InChI is InChI=1S/C20H22FN3OS/c1-11(2)19-20(26(4)25)15-9-17(23)13(10-22)8-18(15)24(19)14-5-6-16(21)12(3)7-14/h5-11,22H,23H2,1-4H3. The molecule has 0 aliphatic carbocycles. The SMILES string of the molecule is Cc1cc(-n2c(C(C)C)c(S(C)=O)c3cc(N)c(C=N)cc32)ccc1F. The lowest BCUT2D eigenvalue weighted by Gasteiger charge is -2.15. The first-order valence-corrected chi connectivity index (χ1v) is 9.90. The van der Waals surface area contributed by atoms with Gasteiger partial charge in [-0.15, -0.1) is 0 Å². The van der Waals surface area contributed by atoms with Crippen molar-refractivity contribution in [1.82, 2.24) is 4.57 Å². The summed E-state index contributed by atoms with van der Waals surface area (Å²) in [6.07, 6.45) is 2.86. The summed E-state index contributed by atoms with van der Waals surface area (Å²) in [6, 6.07) is 8.56. The monoisotopic (exact) mass is 371 g/mol. The minimum absolute atomic E-state index is 0.0938. The van der Waals surface area contributed by atoms with Crippen molar-refractivity contribution in [3.63, 3.8) is 0 Å². The van der Waals surface area contributed by atoms with Crippen LogP contribution in [0.3, 0.4) is 0 Å². The van der Waals surface area contributed by atoms with E-state index in [9.17, 15) is 8.60 Å². The predicted octanol–water partition coefficient (Wildman–Crippen LogP) is 4.52. The van der Waals surface area contributed by atoms with Crippen molar-refractivity contribution in [3.05, 3.63) is 53.0 Å². The molecule has 0 saturated heterocycles. The second-order valence-electron chi connectivity index (χ2n) is 6.73. The summed E-state index contributed by atoms with van der Waals surface area (Å²) in [7, 11) is -1.22. The summed E-state index contributed by atoms with van der Waals surface area (Å²) >= 11 is 0. The van der Waals surface area contributed by atoms with Gasteiger partial charge in [0.05, 0.1) is 21.2 Å². The maximum absolute atomic E-state index is 13.8. The number of anilines is 1. The fourth-order valence-electron chi connectivity index (χ4n) is 3.35. The maximum Gasteiger partial charge on any atom is 0.126 e. The van der Waals surface area contributed by atoms with Crippen LogP contribution in [0.4, 0.5) is 10.1 Å². The first-order valence-electron chi connectivity index (χ1n) is 8.34. The first-order chi connectivity index (χ1) is 12.3. The van der Waals surface area contributed by atoms with E-state index in [1.807, 2.05) is 24.5 Å². The molecule has 3 N–H and O–H groups in total. The molecule has 1 heterocycles. The van der Waals surface area contributed by atoms with Gasteiger partial charge in [0, 0.05) is 40.5 Å². The van der Waals surface area contributed by atoms with Gasteiger partial charge in [-0.25, -0.2) is 4.39 Å². The van der Waals surface area contributed by atoms with Gasteiger partial charge in [0.15, 0.2) is 0 Å². The lowest BCUT2D eigenvalue weighted by molar-refractivity contribution is 0.618. The van der Waals surface area contributed by atoms with E-state index in [1.54, 1.807) is 31.4 Å². The molecule has 26 heavy (non-hydrogen) atoms. The van der Waals surface area contributed by atoms with E-state index < -0.39 is 10.8 Å². The van der Waals surface area contributed by atoms with Crippen molar-refractivity contribution in [2.45, 2.75) is 31.6 Å². The van der Waals surface area contributed by atoms with Crippen LogP contribution < -0.4 is 5.73 Å². The molecule has 6 heteroatoms. The number of rotatable bonds is 4. The van der Waals surface area contributed by atoms with Gasteiger partial charge in [0.25, 0.3) is 0 Å². The van der Waals surface area contributed by atoms with Crippen LogP contribution >= 0.6 is 0 Å². The second-order valence-corrected chi connectivity index (χ2v) is 8.05. The van der Waals surface area contributed by atoms with Crippen molar-refractivity contribution >= 4 is 33.6 Å². The van der Waals surface area contributed by atoms with Crippen molar-refractivity contribution in [2.75, 3.05) is 12.0 Å². The Labute approximate surface area is 154 Å². The average molecular weight is 371 g/mol. The zero-order chi connectivity index (χ0) is 19.2. The van der Waals surface area contributed by atoms with E-state index >= 15 is 0 Å². The number of hydrogen-bond donors (Lipinski definition) is 2. The summed E-state index contributed by atoms with van der Waals surface area (Å²) in [4.78, 5) is 0.736. The first kappa shape index (κ1) is 18.3. The van der Waals surface area contributed by atoms with Crippen LogP contribution in [-0.2, 0) is 10.8 Å². The molecule has 0 aliphatic heterocycles. The Kier molecular flexibility index (Phi) is 4.71. The van der Waals surface area contributed by atoms with Gasteiger partial charge in [0.1, 0.15) is 5.82 Å². The Morgan fingerprint density at radius 3 is 2.50 bits per heavy atom. The average Bonchev–Trinajstić information content (AvgIpc) is 2.91. The molecule has 1 unspecified atom stereocenters. The van der Waals surface area contributed by atoms with Gasteiger partial charge in [-0.2, -0.15) is 0 Å². The molecule has 0 spiro atoms. The summed E-state index contributed by atoms with van der Waals surface area (Å²) in [5.41, 5.74) is 10.2. The number of hydrogen-bond acceptors (Lipinski definition) is 3. The molecule has 1 atom stereocenters. The van der Waals surface area contributed by atoms with E-state index in [0.717, 1.165) is 27.2 Å². The normalized spacial score (nSPS) is 12.7. The fourth-order valence-corrected chi connectivity index (χ4v) is 4.45. The molecule has 0 radical (unpaired) electrons. The smallest absolute Gasteiger partial charge is 0.126 e. The highest BCUT2D eigenvalue weighted by molar-refractivity contribution is 7.84. The van der Waals surface area contributed by atoms with Crippen molar-refractivity contribution in [1.29, 1.82) is 5.41 Å². The van der Waals surface area contributed by atoms with Crippen LogP contribution in [-0.4, -0.2) is 21.2 Å². The van der Waals surface area contributed by atoms with Crippen LogP contribution in [0.25, 0.3) is 16.6 Å². The number of halogens is 1. The molecule has 4 nitrogen and oxygen atoms in total. The number of fused-ring (bicyclic) bond motifs is 1. The summed E-state index contributed by atoms with van der Waals surface area (Å²) < 4.78 is 28.4. The van der Waals surface area contributed by atoms with E-state index in [4.69, 9.17) is 11.1 Å². The Balaban J connectivity index is 2.53. The largest absolute Gasteiger partial charge is 0.398 e. The molecule has 0 bridgehead atoms. The van der Waals surface area contributed by atoms with Crippen molar-refractivity contribution in [2.24, 2.45) is 0 Å². The molecule has 2 aromatic carbocycles. The lowest BCUT2D eigenvalue weighted by Crippen LogP contribution is -2.05. The molecule has 0 amide bonds. The zero-order valence-electron chi connectivity index (χ0n) is 15.3. The maximum atomic E-state index is 13.8. The fraction of sp³-hybridized carbons (Fsp3) is 0.250. The number of aryl methyl sites for hydroxylation is 1. The van der Waals surface area contributed by atoms with Crippen LogP contribution in [0.2, 0.25) is 0 Å². The molecule has 0 saturated carbocycles. The lowest BCUT2D eigenvalue weighted by atomic mass is 10.1. The number of nitrogens with zero attached hydrogens (tertiary/aromatic N) is 1. The molecule has 0 aliphatic rings. The molecule has 3 rings (SSSR count). The third-order valence-corrected chi connectivity index (χ3v) is 5.55. The molecule has 0 fully saturated rings. The number of nitrogen functional groups attached to an aromatic ring is 1. The minimum atomic E-state index is -1.22. The van der Waals surface area contributed by atoms with Crippen LogP contribution in [0, 0.1) is 18.2 Å². The van der Waals surface area contributed by atoms with E-state index in [-0.39, 0.29) is 11.7 Å². The minimum Gasteiger partial charge on any atom is -0.398 e. The number of aromatic nitrogens is 1. The summed E-state index contributed by atoms with van der Waals surface area (Å²) in [5, 5.41) is 8.41. The van der Waals surface area contributed by atoms with Gasteiger partial charge >= 0.3 is 0 Å². The molecule has 3 aromatic rings. The highest BCUT2D eigenvalue weighted by Crippen LogP contribution is 2.38. The number of nitrogens with two attached hydrogens (primary N) is 1. The van der Waals surface area contributed by atoms with E-state index in [0.29, 0.717) is 16.8 Å². The topological polar surface area (TPSA) is 71.9 Å².